The Balaban J connectivity index is 2.08. The van der Waals surface area contributed by atoms with Crippen LogP contribution >= 0.6 is 0 Å². The van der Waals surface area contributed by atoms with Crippen LogP contribution in [0.2, 0.25) is 0 Å². The van der Waals surface area contributed by atoms with Gasteiger partial charge >= 0.3 is 0 Å². The molecule has 3 nitrogen and oxygen atoms in total. The molecule has 2 N–H and O–H groups in total. The molecule has 1 amide bonds. The van der Waals surface area contributed by atoms with Gasteiger partial charge in [0.15, 0.2) is 0 Å². The predicted octanol–water partition coefficient (Wildman–Crippen LogP) is 2.97. The molecular formula is C18H20N2O. The summed E-state index contributed by atoms with van der Waals surface area (Å²) in [5, 5.41) is 0. The minimum atomic E-state index is -0.452. The van der Waals surface area contributed by atoms with Gasteiger partial charge in [-0.2, -0.15) is 0 Å². The normalized spacial score (nSPS) is 19.3. The van der Waals surface area contributed by atoms with Gasteiger partial charge in [-0.3, -0.25) is 4.79 Å². The standard InChI is InChI=1S/C18H20N2O/c1-12-8-9-15-11-16(19)18(21)20(17(15)10-12)13(2)14-6-4-3-5-7-14/h3-10,13,16H,11,19H2,1-2H3/t13-,16+/m0/s1. The molecule has 2 atom stereocenters. The van der Waals surface area contributed by atoms with Crippen LogP contribution in [0.3, 0.4) is 0 Å². The number of nitrogens with zero attached hydrogens (tertiary/aromatic N) is 1. The molecule has 1 aliphatic rings. The number of aryl methyl sites for hydroxylation is 1. The number of carbonyl (C=O) groups excluding carboxylic acids is 1. The Bertz CT molecular complexity index is 666. The Morgan fingerprint density at radius 1 is 1.19 bits per heavy atom. The van der Waals surface area contributed by atoms with E-state index in [1.54, 1.807) is 0 Å². The zero-order valence-corrected chi connectivity index (χ0v) is 12.4. The molecule has 108 valence electrons. The van der Waals surface area contributed by atoms with E-state index in [9.17, 15) is 4.79 Å². The Labute approximate surface area is 125 Å². The van der Waals surface area contributed by atoms with Crippen LogP contribution in [-0.4, -0.2) is 11.9 Å². The quantitative estimate of drug-likeness (QED) is 0.919. The maximum atomic E-state index is 12.6. The smallest absolute Gasteiger partial charge is 0.244 e. The highest BCUT2D eigenvalue weighted by Gasteiger charge is 2.33. The summed E-state index contributed by atoms with van der Waals surface area (Å²) in [6.07, 6.45) is 0.618. The molecule has 21 heavy (non-hydrogen) atoms. The summed E-state index contributed by atoms with van der Waals surface area (Å²) < 4.78 is 0. The van der Waals surface area contributed by atoms with Gasteiger partial charge in [-0.15, -0.1) is 0 Å². The first kappa shape index (κ1) is 13.8. The number of amides is 1. The zero-order valence-electron chi connectivity index (χ0n) is 12.4. The third-order valence-corrected chi connectivity index (χ3v) is 4.16. The number of carbonyl (C=O) groups is 1. The van der Waals surface area contributed by atoms with E-state index in [2.05, 4.69) is 25.1 Å². The molecule has 0 spiro atoms. The third kappa shape index (κ3) is 2.45. The molecule has 3 rings (SSSR count). The molecular weight excluding hydrogens is 260 g/mol. The fraction of sp³-hybridized carbons (Fsp3) is 0.278. The van der Waals surface area contributed by atoms with E-state index in [4.69, 9.17) is 5.73 Å². The van der Waals surface area contributed by atoms with Crippen LogP contribution in [0.5, 0.6) is 0 Å². The molecule has 0 aromatic heterocycles. The molecule has 0 unspecified atom stereocenters. The van der Waals surface area contributed by atoms with Crippen molar-refractivity contribution >= 4 is 11.6 Å². The highest BCUT2D eigenvalue weighted by Crippen LogP contribution is 2.35. The van der Waals surface area contributed by atoms with Crippen molar-refractivity contribution in [2.24, 2.45) is 5.73 Å². The second-order valence-electron chi connectivity index (χ2n) is 5.74. The van der Waals surface area contributed by atoms with Crippen molar-refractivity contribution in [3.63, 3.8) is 0 Å². The minimum Gasteiger partial charge on any atom is -0.320 e. The van der Waals surface area contributed by atoms with E-state index in [-0.39, 0.29) is 11.9 Å². The van der Waals surface area contributed by atoms with Crippen molar-refractivity contribution in [2.75, 3.05) is 4.90 Å². The maximum Gasteiger partial charge on any atom is 0.244 e. The number of anilines is 1. The number of nitrogens with two attached hydrogens (primary N) is 1. The van der Waals surface area contributed by atoms with Gasteiger partial charge < -0.3 is 10.6 Å². The van der Waals surface area contributed by atoms with Crippen molar-refractivity contribution in [3.05, 3.63) is 65.2 Å². The van der Waals surface area contributed by atoms with Crippen LogP contribution in [0.25, 0.3) is 0 Å². The highest BCUT2D eigenvalue weighted by molar-refractivity contribution is 6.00. The number of rotatable bonds is 2. The fourth-order valence-electron chi connectivity index (χ4n) is 2.97. The molecule has 1 heterocycles. The summed E-state index contributed by atoms with van der Waals surface area (Å²) in [6.45, 7) is 4.10. The van der Waals surface area contributed by atoms with Crippen LogP contribution in [0.15, 0.2) is 48.5 Å². The largest absolute Gasteiger partial charge is 0.320 e. The maximum absolute atomic E-state index is 12.6. The van der Waals surface area contributed by atoms with Gasteiger partial charge in [-0.05, 0) is 43.0 Å². The van der Waals surface area contributed by atoms with E-state index < -0.39 is 6.04 Å². The van der Waals surface area contributed by atoms with Gasteiger partial charge in [0, 0.05) is 5.69 Å². The number of fused-ring (bicyclic) bond motifs is 1. The lowest BCUT2D eigenvalue weighted by Gasteiger charge is -2.37. The second kappa shape index (κ2) is 5.34. The summed E-state index contributed by atoms with van der Waals surface area (Å²) in [5.41, 5.74) is 10.5. The SMILES string of the molecule is Cc1ccc2c(c1)N([C@@H](C)c1ccccc1)C(=O)[C@H](N)C2. The molecule has 1 aliphatic heterocycles. The van der Waals surface area contributed by atoms with E-state index in [1.807, 2.05) is 42.2 Å². The van der Waals surface area contributed by atoms with Crippen LogP contribution in [0.1, 0.15) is 29.7 Å². The van der Waals surface area contributed by atoms with Gasteiger partial charge in [0.1, 0.15) is 0 Å². The van der Waals surface area contributed by atoms with Crippen molar-refractivity contribution in [1.82, 2.24) is 0 Å². The Kier molecular flexibility index (Phi) is 3.52. The molecule has 2 aromatic carbocycles. The summed E-state index contributed by atoms with van der Waals surface area (Å²) in [4.78, 5) is 14.5. The summed E-state index contributed by atoms with van der Waals surface area (Å²) in [6, 6.07) is 15.8. The lowest BCUT2D eigenvalue weighted by Crippen LogP contribution is -2.49. The van der Waals surface area contributed by atoms with Crippen LogP contribution in [0.4, 0.5) is 5.69 Å². The van der Waals surface area contributed by atoms with Crippen LogP contribution in [0, 0.1) is 6.92 Å². The first-order valence-corrected chi connectivity index (χ1v) is 7.31. The van der Waals surface area contributed by atoms with Crippen LogP contribution in [-0.2, 0) is 11.2 Å². The summed E-state index contributed by atoms with van der Waals surface area (Å²) in [5.74, 6) is 0.00412. The molecule has 0 saturated carbocycles. The van der Waals surface area contributed by atoms with Gasteiger partial charge in [0.2, 0.25) is 5.91 Å². The Morgan fingerprint density at radius 3 is 2.62 bits per heavy atom. The predicted molar refractivity (Wildman–Crippen MR) is 85.2 cm³/mol. The average molecular weight is 280 g/mol. The average Bonchev–Trinajstić information content (AvgIpc) is 2.49. The zero-order chi connectivity index (χ0) is 15.0. The first-order valence-electron chi connectivity index (χ1n) is 7.31. The lowest BCUT2D eigenvalue weighted by molar-refractivity contribution is -0.120. The van der Waals surface area contributed by atoms with Crippen molar-refractivity contribution in [1.29, 1.82) is 0 Å². The third-order valence-electron chi connectivity index (χ3n) is 4.16. The van der Waals surface area contributed by atoms with Crippen LogP contribution < -0.4 is 10.6 Å². The Morgan fingerprint density at radius 2 is 1.90 bits per heavy atom. The topological polar surface area (TPSA) is 46.3 Å². The highest BCUT2D eigenvalue weighted by atomic mass is 16.2. The molecule has 0 fully saturated rings. The van der Waals surface area contributed by atoms with Gasteiger partial charge in [-0.1, -0.05) is 42.5 Å². The Hall–Kier alpha value is -2.13. The van der Waals surface area contributed by atoms with Gasteiger partial charge in [0.05, 0.1) is 12.1 Å². The monoisotopic (exact) mass is 280 g/mol. The first-order chi connectivity index (χ1) is 10.1. The summed E-state index contributed by atoms with van der Waals surface area (Å²) in [7, 11) is 0. The number of hydrogen-bond acceptors (Lipinski definition) is 2. The minimum absolute atomic E-state index is 0.00412. The molecule has 0 bridgehead atoms. The van der Waals surface area contributed by atoms with E-state index in [0.29, 0.717) is 6.42 Å². The van der Waals surface area contributed by atoms with E-state index in [0.717, 1.165) is 22.4 Å². The van der Waals surface area contributed by atoms with Crippen molar-refractivity contribution in [3.8, 4) is 0 Å². The van der Waals surface area contributed by atoms with E-state index in [1.165, 1.54) is 0 Å². The van der Waals surface area contributed by atoms with E-state index >= 15 is 0 Å². The molecule has 0 aliphatic carbocycles. The number of benzene rings is 2. The van der Waals surface area contributed by atoms with Gasteiger partial charge in [-0.25, -0.2) is 0 Å². The van der Waals surface area contributed by atoms with Crippen molar-refractivity contribution in [2.45, 2.75) is 32.4 Å². The second-order valence-corrected chi connectivity index (χ2v) is 5.74. The molecule has 0 radical (unpaired) electrons. The lowest BCUT2D eigenvalue weighted by atomic mass is 9.93. The number of hydrogen-bond donors (Lipinski definition) is 1. The fourth-order valence-corrected chi connectivity index (χ4v) is 2.97. The molecule has 2 aromatic rings. The molecule has 3 heteroatoms. The molecule has 0 saturated heterocycles. The summed E-state index contributed by atoms with van der Waals surface area (Å²) >= 11 is 0. The van der Waals surface area contributed by atoms with Gasteiger partial charge in [0.25, 0.3) is 0 Å². The van der Waals surface area contributed by atoms with Crippen molar-refractivity contribution < 1.29 is 4.79 Å².